The highest BCUT2D eigenvalue weighted by molar-refractivity contribution is 7.18. The van der Waals surface area contributed by atoms with Crippen LogP contribution in [-0.4, -0.2) is 47.0 Å². The summed E-state index contributed by atoms with van der Waals surface area (Å²) >= 11 is 1.67. The zero-order valence-corrected chi connectivity index (χ0v) is 17.8. The Labute approximate surface area is 174 Å². The molecule has 0 atom stereocenters. The number of rotatable bonds is 6. The molecule has 3 heterocycles. The van der Waals surface area contributed by atoms with Gasteiger partial charge in [0, 0.05) is 30.0 Å². The number of Topliss-reactive ketones (excluding diaryl/α,β-unsaturated/α-hetero) is 1. The van der Waals surface area contributed by atoms with Crippen LogP contribution in [0.5, 0.6) is 11.6 Å². The molecule has 29 heavy (non-hydrogen) atoms. The third-order valence-electron chi connectivity index (χ3n) is 5.22. The van der Waals surface area contributed by atoms with Crippen molar-refractivity contribution in [3.63, 3.8) is 0 Å². The minimum absolute atomic E-state index is 0.123. The SMILES string of the molecule is CCC(=O)c1ccc(Oc2nc(CN3CCOCC3)nc3sc(C)c(C)c23)cc1. The maximum atomic E-state index is 11.9. The minimum atomic E-state index is 0.123. The van der Waals surface area contributed by atoms with Crippen molar-refractivity contribution in [1.82, 2.24) is 14.9 Å². The van der Waals surface area contributed by atoms with E-state index < -0.39 is 0 Å². The number of hydrogen-bond acceptors (Lipinski definition) is 7. The highest BCUT2D eigenvalue weighted by Crippen LogP contribution is 2.36. The number of aryl methyl sites for hydroxylation is 2. The van der Waals surface area contributed by atoms with E-state index in [9.17, 15) is 4.79 Å². The van der Waals surface area contributed by atoms with Gasteiger partial charge in [0.05, 0.1) is 25.1 Å². The van der Waals surface area contributed by atoms with Crippen molar-refractivity contribution in [2.24, 2.45) is 0 Å². The van der Waals surface area contributed by atoms with Gasteiger partial charge in [-0.05, 0) is 43.7 Å². The van der Waals surface area contributed by atoms with Crippen LogP contribution >= 0.6 is 11.3 Å². The van der Waals surface area contributed by atoms with Gasteiger partial charge in [-0.15, -0.1) is 11.3 Å². The van der Waals surface area contributed by atoms with Crippen LogP contribution in [0.3, 0.4) is 0 Å². The van der Waals surface area contributed by atoms with E-state index in [2.05, 4.69) is 18.7 Å². The molecule has 0 amide bonds. The summed E-state index contributed by atoms with van der Waals surface area (Å²) in [5.41, 5.74) is 1.85. The van der Waals surface area contributed by atoms with Gasteiger partial charge >= 0.3 is 0 Å². The zero-order valence-electron chi connectivity index (χ0n) is 17.0. The monoisotopic (exact) mass is 411 g/mol. The lowest BCUT2D eigenvalue weighted by Crippen LogP contribution is -2.36. The van der Waals surface area contributed by atoms with Gasteiger partial charge in [-0.2, -0.15) is 4.98 Å². The molecule has 0 radical (unpaired) electrons. The van der Waals surface area contributed by atoms with Gasteiger partial charge in [-0.3, -0.25) is 9.69 Å². The lowest BCUT2D eigenvalue weighted by atomic mass is 10.1. The first-order valence-corrected chi connectivity index (χ1v) is 10.7. The molecule has 0 saturated carbocycles. The van der Waals surface area contributed by atoms with Crippen LogP contribution in [0.4, 0.5) is 0 Å². The van der Waals surface area contributed by atoms with Crippen LogP contribution in [0.2, 0.25) is 0 Å². The van der Waals surface area contributed by atoms with E-state index in [4.69, 9.17) is 19.4 Å². The smallest absolute Gasteiger partial charge is 0.231 e. The average Bonchev–Trinajstić information content (AvgIpc) is 3.02. The van der Waals surface area contributed by atoms with Crippen molar-refractivity contribution in [2.75, 3.05) is 26.3 Å². The average molecular weight is 412 g/mol. The Hall–Kier alpha value is -2.35. The molecule has 0 aliphatic carbocycles. The number of thiophene rings is 1. The van der Waals surface area contributed by atoms with Crippen molar-refractivity contribution in [2.45, 2.75) is 33.7 Å². The van der Waals surface area contributed by atoms with Crippen molar-refractivity contribution in [3.8, 4) is 11.6 Å². The molecule has 0 bridgehead atoms. The highest BCUT2D eigenvalue weighted by Gasteiger charge is 2.19. The Morgan fingerprint density at radius 3 is 2.59 bits per heavy atom. The predicted molar refractivity (Wildman–Crippen MR) is 114 cm³/mol. The first-order valence-electron chi connectivity index (χ1n) is 9.93. The molecule has 152 valence electrons. The molecule has 1 aromatic carbocycles. The topological polar surface area (TPSA) is 64.5 Å². The zero-order chi connectivity index (χ0) is 20.4. The van der Waals surface area contributed by atoms with Gasteiger partial charge < -0.3 is 9.47 Å². The summed E-state index contributed by atoms with van der Waals surface area (Å²) in [5.74, 6) is 2.12. The molecule has 1 aliphatic heterocycles. The molecule has 4 rings (SSSR count). The fourth-order valence-corrected chi connectivity index (χ4v) is 4.42. The van der Waals surface area contributed by atoms with Gasteiger partial charge in [0.2, 0.25) is 5.88 Å². The van der Waals surface area contributed by atoms with Gasteiger partial charge in [0.1, 0.15) is 16.4 Å². The molecule has 1 aliphatic rings. The molecule has 1 fully saturated rings. The molecule has 0 N–H and O–H groups in total. The number of morpholine rings is 1. The molecule has 3 aromatic rings. The second-order valence-corrected chi connectivity index (χ2v) is 8.40. The van der Waals surface area contributed by atoms with E-state index in [1.54, 1.807) is 23.5 Å². The third-order valence-corrected chi connectivity index (χ3v) is 6.32. The fraction of sp³-hybridized carbons (Fsp3) is 0.409. The van der Waals surface area contributed by atoms with Crippen molar-refractivity contribution >= 4 is 27.3 Å². The second-order valence-electron chi connectivity index (χ2n) is 7.20. The molecule has 0 unspecified atom stereocenters. The molecule has 0 spiro atoms. The van der Waals surface area contributed by atoms with Crippen LogP contribution in [-0.2, 0) is 11.3 Å². The van der Waals surface area contributed by atoms with Crippen LogP contribution < -0.4 is 4.74 Å². The van der Waals surface area contributed by atoms with Crippen molar-refractivity contribution in [3.05, 3.63) is 46.1 Å². The summed E-state index contributed by atoms with van der Waals surface area (Å²) in [6.07, 6.45) is 0.491. The number of nitrogens with zero attached hydrogens (tertiary/aromatic N) is 3. The normalized spacial score (nSPS) is 15.0. The van der Waals surface area contributed by atoms with E-state index in [-0.39, 0.29) is 5.78 Å². The first-order chi connectivity index (χ1) is 14.0. The molecular weight excluding hydrogens is 386 g/mol. The lowest BCUT2D eigenvalue weighted by Gasteiger charge is -2.25. The van der Waals surface area contributed by atoms with E-state index in [1.807, 2.05) is 19.1 Å². The third kappa shape index (κ3) is 4.32. The number of carbonyl (C=O) groups is 1. The van der Waals surface area contributed by atoms with Gasteiger partial charge in [-0.25, -0.2) is 4.98 Å². The molecule has 7 heteroatoms. The Morgan fingerprint density at radius 2 is 1.90 bits per heavy atom. The Balaban J connectivity index is 1.66. The largest absolute Gasteiger partial charge is 0.438 e. The predicted octanol–water partition coefficient (Wildman–Crippen LogP) is 4.53. The molecule has 6 nitrogen and oxygen atoms in total. The molecule has 1 saturated heterocycles. The maximum Gasteiger partial charge on any atom is 0.231 e. The standard InChI is InChI=1S/C22H25N3O3S/c1-4-18(26)16-5-7-17(8-6-16)28-21-20-14(2)15(3)29-22(20)24-19(23-21)13-25-9-11-27-12-10-25/h5-8H,4,9-13H2,1-3H3. The Bertz CT molecular complexity index is 1020. The van der Waals surface area contributed by atoms with E-state index >= 15 is 0 Å². The minimum Gasteiger partial charge on any atom is -0.438 e. The maximum absolute atomic E-state index is 11.9. The van der Waals surface area contributed by atoms with E-state index in [0.29, 0.717) is 30.2 Å². The number of hydrogen-bond donors (Lipinski definition) is 0. The number of ketones is 1. The Morgan fingerprint density at radius 1 is 1.17 bits per heavy atom. The van der Waals surface area contributed by atoms with E-state index in [0.717, 1.165) is 47.9 Å². The van der Waals surface area contributed by atoms with Gasteiger partial charge in [0.25, 0.3) is 0 Å². The lowest BCUT2D eigenvalue weighted by molar-refractivity contribution is 0.0330. The molecule has 2 aromatic heterocycles. The van der Waals surface area contributed by atoms with E-state index in [1.165, 1.54) is 4.88 Å². The summed E-state index contributed by atoms with van der Waals surface area (Å²) in [6, 6.07) is 7.26. The summed E-state index contributed by atoms with van der Waals surface area (Å²) < 4.78 is 11.6. The molecular formula is C22H25N3O3S. The van der Waals surface area contributed by atoms with Crippen molar-refractivity contribution in [1.29, 1.82) is 0 Å². The Kier molecular flexibility index (Phi) is 5.89. The van der Waals surface area contributed by atoms with Crippen LogP contribution in [0.15, 0.2) is 24.3 Å². The highest BCUT2D eigenvalue weighted by atomic mass is 32.1. The number of carbonyl (C=O) groups excluding carboxylic acids is 1. The van der Waals surface area contributed by atoms with Crippen LogP contribution in [0.25, 0.3) is 10.2 Å². The number of aromatic nitrogens is 2. The number of ether oxygens (including phenoxy) is 2. The second kappa shape index (κ2) is 8.57. The van der Waals surface area contributed by atoms with Gasteiger partial charge in [-0.1, -0.05) is 6.92 Å². The summed E-state index contributed by atoms with van der Waals surface area (Å²) in [7, 11) is 0. The number of benzene rings is 1. The summed E-state index contributed by atoms with van der Waals surface area (Å²) in [4.78, 5) is 25.9. The number of fused-ring (bicyclic) bond motifs is 1. The first kappa shape index (κ1) is 19.9. The van der Waals surface area contributed by atoms with Gasteiger partial charge in [0.15, 0.2) is 5.78 Å². The van der Waals surface area contributed by atoms with Crippen LogP contribution in [0, 0.1) is 13.8 Å². The van der Waals surface area contributed by atoms with Crippen LogP contribution in [0.1, 0.15) is 40.0 Å². The summed E-state index contributed by atoms with van der Waals surface area (Å²) in [6.45, 7) is 9.96. The fourth-order valence-electron chi connectivity index (χ4n) is 3.38. The summed E-state index contributed by atoms with van der Waals surface area (Å²) in [5, 5.41) is 0.965. The quantitative estimate of drug-likeness (QED) is 0.556. The van der Waals surface area contributed by atoms with Crippen molar-refractivity contribution < 1.29 is 14.3 Å².